The summed E-state index contributed by atoms with van der Waals surface area (Å²) in [5.74, 6) is 1.39. The highest BCUT2D eigenvalue weighted by molar-refractivity contribution is 7.99. The first kappa shape index (κ1) is 21.2. The lowest BCUT2D eigenvalue weighted by Crippen LogP contribution is -2.15. The number of aromatic nitrogens is 3. The molecule has 2 aromatic carbocycles. The highest BCUT2D eigenvalue weighted by Crippen LogP contribution is 2.29. The van der Waals surface area contributed by atoms with Gasteiger partial charge in [0.25, 0.3) is 0 Å². The highest BCUT2D eigenvalue weighted by atomic mass is 35.5. The van der Waals surface area contributed by atoms with Gasteiger partial charge in [0.1, 0.15) is 5.75 Å². The van der Waals surface area contributed by atoms with Gasteiger partial charge < -0.3 is 14.6 Å². The lowest BCUT2D eigenvalue weighted by Gasteiger charge is -2.15. The minimum Gasteiger partial charge on any atom is -0.481 e. The summed E-state index contributed by atoms with van der Waals surface area (Å²) in [6, 6.07) is 15.1. The van der Waals surface area contributed by atoms with Crippen molar-refractivity contribution < 1.29 is 9.53 Å². The molecule has 8 heteroatoms. The molecule has 152 valence electrons. The third kappa shape index (κ3) is 5.52. The Kier molecular flexibility index (Phi) is 7.17. The molecule has 0 radical (unpaired) electrons. The molecule has 1 heterocycles. The second-order valence-electron chi connectivity index (χ2n) is 6.48. The normalized spacial score (nSPS) is 11.9. The van der Waals surface area contributed by atoms with E-state index in [1.54, 1.807) is 6.07 Å². The van der Waals surface area contributed by atoms with Gasteiger partial charge in [0.15, 0.2) is 17.1 Å². The molecule has 0 unspecified atom stereocenters. The van der Waals surface area contributed by atoms with Gasteiger partial charge in [0.2, 0.25) is 5.91 Å². The number of hydrogen-bond donors (Lipinski definition) is 1. The number of rotatable bonds is 8. The fourth-order valence-electron chi connectivity index (χ4n) is 2.74. The molecule has 6 nitrogen and oxygen atoms in total. The smallest absolute Gasteiger partial charge is 0.234 e. The SMILES string of the molecule is CCc1ccc(NC(=O)CSc2nnc([C@@H](C)Oc3ccccc3Cl)n2C)cc1. The van der Waals surface area contributed by atoms with Crippen LogP contribution in [0.5, 0.6) is 5.75 Å². The second-order valence-corrected chi connectivity index (χ2v) is 7.83. The van der Waals surface area contributed by atoms with E-state index < -0.39 is 0 Å². The Hall–Kier alpha value is -2.51. The van der Waals surface area contributed by atoms with Gasteiger partial charge in [-0.3, -0.25) is 4.79 Å². The number of thioether (sulfide) groups is 1. The zero-order chi connectivity index (χ0) is 20.8. The predicted octanol–water partition coefficient (Wildman–Crippen LogP) is 4.90. The summed E-state index contributed by atoms with van der Waals surface area (Å²) < 4.78 is 7.73. The molecule has 1 aromatic heterocycles. The van der Waals surface area contributed by atoms with Crippen LogP contribution in [0.3, 0.4) is 0 Å². The number of carbonyl (C=O) groups excluding carboxylic acids is 1. The third-order valence-corrected chi connectivity index (χ3v) is 5.68. The number of carbonyl (C=O) groups is 1. The lowest BCUT2D eigenvalue weighted by molar-refractivity contribution is -0.113. The van der Waals surface area contributed by atoms with Gasteiger partial charge >= 0.3 is 0 Å². The maximum atomic E-state index is 12.2. The van der Waals surface area contributed by atoms with Crippen LogP contribution in [0, 0.1) is 0 Å². The van der Waals surface area contributed by atoms with Crippen LogP contribution in [0.1, 0.15) is 31.3 Å². The molecule has 0 saturated heterocycles. The number of halogens is 1. The molecule has 0 fully saturated rings. The molecule has 29 heavy (non-hydrogen) atoms. The molecule has 3 aromatic rings. The quantitative estimate of drug-likeness (QED) is 0.514. The summed E-state index contributed by atoms with van der Waals surface area (Å²) >= 11 is 7.48. The Morgan fingerprint density at radius 3 is 2.62 bits per heavy atom. The zero-order valence-electron chi connectivity index (χ0n) is 16.6. The van der Waals surface area contributed by atoms with Crippen molar-refractivity contribution >= 4 is 35.0 Å². The molecule has 0 aliphatic rings. The van der Waals surface area contributed by atoms with Gasteiger partial charge in [-0.2, -0.15) is 0 Å². The second kappa shape index (κ2) is 9.80. The van der Waals surface area contributed by atoms with Gasteiger partial charge in [0, 0.05) is 12.7 Å². The average molecular weight is 431 g/mol. The van der Waals surface area contributed by atoms with Crippen LogP contribution < -0.4 is 10.1 Å². The maximum Gasteiger partial charge on any atom is 0.234 e. The minimum absolute atomic E-state index is 0.0934. The van der Waals surface area contributed by atoms with Gasteiger partial charge in [0.05, 0.1) is 10.8 Å². The first-order valence-corrected chi connectivity index (χ1v) is 10.7. The minimum atomic E-state index is -0.340. The molecule has 1 atom stereocenters. The van der Waals surface area contributed by atoms with E-state index in [0.29, 0.717) is 21.8 Å². The molecule has 0 aliphatic heterocycles. The van der Waals surface area contributed by atoms with Gasteiger partial charge in [-0.05, 0) is 43.2 Å². The third-order valence-electron chi connectivity index (χ3n) is 4.35. The first-order valence-electron chi connectivity index (χ1n) is 9.30. The van der Waals surface area contributed by atoms with Gasteiger partial charge in [-0.25, -0.2) is 0 Å². The summed E-state index contributed by atoms with van der Waals surface area (Å²) in [5, 5.41) is 12.5. The molecule has 1 amide bonds. The number of aryl methyl sites for hydroxylation is 1. The van der Waals surface area contributed by atoms with Gasteiger partial charge in [-0.15, -0.1) is 10.2 Å². The number of nitrogens with one attached hydrogen (secondary N) is 1. The maximum absolute atomic E-state index is 12.2. The monoisotopic (exact) mass is 430 g/mol. The van der Waals surface area contributed by atoms with E-state index in [9.17, 15) is 4.79 Å². The van der Waals surface area contributed by atoms with Crippen molar-refractivity contribution in [2.24, 2.45) is 7.05 Å². The number of amides is 1. The summed E-state index contributed by atoms with van der Waals surface area (Å²) in [5.41, 5.74) is 2.02. The highest BCUT2D eigenvalue weighted by Gasteiger charge is 2.19. The van der Waals surface area contributed by atoms with Crippen LogP contribution in [0.2, 0.25) is 5.02 Å². The summed E-state index contributed by atoms with van der Waals surface area (Å²) in [4.78, 5) is 12.2. The zero-order valence-corrected chi connectivity index (χ0v) is 18.1. The fourth-order valence-corrected chi connectivity index (χ4v) is 3.64. The molecule has 0 bridgehead atoms. The van der Waals surface area contributed by atoms with Crippen molar-refractivity contribution in [3.05, 3.63) is 64.9 Å². The largest absolute Gasteiger partial charge is 0.481 e. The van der Waals surface area contributed by atoms with E-state index in [-0.39, 0.29) is 17.8 Å². The van der Waals surface area contributed by atoms with Crippen LogP contribution >= 0.6 is 23.4 Å². The van der Waals surface area contributed by atoms with Crippen molar-refractivity contribution in [3.63, 3.8) is 0 Å². The molecular formula is C21H23ClN4O2S. The molecule has 0 aliphatic carbocycles. The summed E-state index contributed by atoms with van der Waals surface area (Å²) in [6.45, 7) is 3.98. The Morgan fingerprint density at radius 1 is 1.21 bits per heavy atom. The summed E-state index contributed by atoms with van der Waals surface area (Å²) in [6.07, 6.45) is 0.629. The van der Waals surface area contributed by atoms with Crippen LogP contribution in [0.4, 0.5) is 5.69 Å². The fraction of sp³-hybridized carbons (Fsp3) is 0.286. The van der Waals surface area contributed by atoms with Crippen molar-refractivity contribution in [2.45, 2.75) is 31.5 Å². The molecule has 0 saturated carbocycles. The van der Waals surface area contributed by atoms with Crippen molar-refractivity contribution in [2.75, 3.05) is 11.1 Å². The van der Waals surface area contributed by atoms with E-state index in [1.165, 1.54) is 17.3 Å². The molecule has 1 N–H and O–H groups in total. The number of benzene rings is 2. The standard InChI is InChI=1S/C21H23ClN4O2S/c1-4-15-9-11-16(12-10-15)23-19(27)13-29-21-25-24-20(26(21)3)14(2)28-18-8-6-5-7-17(18)22/h5-12,14H,4,13H2,1-3H3,(H,23,27)/t14-/m1/s1. The Balaban J connectivity index is 1.57. The van der Waals surface area contributed by atoms with E-state index in [1.807, 2.05) is 61.0 Å². The van der Waals surface area contributed by atoms with E-state index in [4.69, 9.17) is 16.3 Å². The average Bonchev–Trinajstić information content (AvgIpc) is 3.09. The Bertz CT molecular complexity index is 975. The van der Waals surface area contributed by atoms with Gasteiger partial charge in [-0.1, -0.05) is 54.6 Å². The van der Waals surface area contributed by atoms with Crippen LogP contribution in [-0.4, -0.2) is 26.4 Å². The van der Waals surface area contributed by atoms with Crippen molar-refractivity contribution in [1.82, 2.24) is 14.8 Å². The predicted molar refractivity (Wildman–Crippen MR) is 117 cm³/mol. The van der Waals surface area contributed by atoms with E-state index >= 15 is 0 Å². The molecule has 3 rings (SSSR count). The van der Waals surface area contributed by atoms with Crippen molar-refractivity contribution in [1.29, 1.82) is 0 Å². The molecular weight excluding hydrogens is 408 g/mol. The van der Waals surface area contributed by atoms with Crippen molar-refractivity contribution in [3.8, 4) is 5.75 Å². The van der Waals surface area contributed by atoms with Crippen LogP contribution in [-0.2, 0) is 18.3 Å². The van der Waals surface area contributed by atoms with Crippen LogP contribution in [0.25, 0.3) is 0 Å². The summed E-state index contributed by atoms with van der Waals surface area (Å²) in [7, 11) is 1.85. The lowest BCUT2D eigenvalue weighted by atomic mass is 10.1. The molecule has 0 spiro atoms. The number of ether oxygens (including phenoxy) is 1. The number of para-hydroxylation sites is 1. The Labute approximate surface area is 179 Å². The number of anilines is 1. The number of nitrogens with zero attached hydrogens (tertiary/aromatic N) is 3. The first-order chi connectivity index (χ1) is 14.0. The van der Waals surface area contributed by atoms with E-state index in [0.717, 1.165) is 12.1 Å². The number of hydrogen-bond acceptors (Lipinski definition) is 5. The Morgan fingerprint density at radius 2 is 1.93 bits per heavy atom. The van der Waals surface area contributed by atoms with Crippen LogP contribution in [0.15, 0.2) is 53.7 Å². The van der Waals surface area contributed by atoms with E-state index in [2.05, 4.69) is 22.4 Å². The topological polar surface area (TPSA) is 69.0 Å².